The van der Waals surface area contributed by atoms with E-state index in [9.17, 15) is 0 Å². The molecule has 2 bridgehead atoms. The summed E-state index contributed by atoms with van der Waals surface area (Å²) in [5.41, 5.74) is 0.815. The monoisotopic (exact) mass is 267 g/mol. The van der Waals surface area contributed by atoms with Gasteiger partial charge >= 0.3 is 0 Å². The first-order valence-corrected chi connectivity index (χ1v) is 8.17. The minimum absolute atomic E-state index is 0.00968. The third kappa shape index (κ3) is 2.35. The van der Waals surface area contributed by atoms with E-state index in [1.165, 1.54) is 19.3 Å². The first-order chi connectivity index (χ1) is 8.79. The highest BCUT2D eigenvalue weighted by Gasteiger charge is 2.62. The van der Waals surface area contributed by atoms with Gasteiger partial charge in [0.2, 0.25) is 0 Å². The summed E-state index contributed by atoms with van der Waals surface area (Å²) in [7, 11) is 0. The first kappa shape index (κ1) is 15.3. The molecule has 0 aromatic heterocycles. The van der Waals surface area contributed by atoms with Crippen LogP contribution in [0.25, 0.3) is 0 Å². The molecule has 0 amide bonds. The molecule has 0 aliphatic heterocycles. The van der Waals surface area contributed by atoms with Crippen LogP contribution in [0.4, 0.5) is 0 Å². The summed E-state index contributed by atoms with van der Waals surface area (Å²) in [6.07, 6.45) is 5.54. The fourth-order valence-electron chi connectivity index (χ4n) is 4.29. The minimum Gasteiger partial charge on any atom is -0.370 e. The number of ether oxygens (including phenoxy) is 1. The van der Waals surface area contributed by atoms with Crippen LogP contribution in [-0.4, -0.2) is 24.8 Å². The molecule has 0 saturated heterocycles. The summed E-state index contributed by atoms with van der Waals surface area (Å²) in [5, 5.41) is 3.47. The lowest BCUT2D eigenvalue weighted by Gasteiger charge is -2.43. The van der Waals surface area contributed by atoms with E-state index in [2.05, 4.69) is 46.9 Å². The van der Waals surface area contributed by atoms with Gasteiger partial charge in [0.05, 0.1) is 11.7 Å². The highest BCUT2D eigenvalue weighted by molar-refractivity contribution is 5.11. The third-order valence-electron chi connectivity index (χ3n) is 6.64. The van der Waals surface area contributed by atoms with Gasteiger partial charge in [0.1, 0.15) is 0 Å². The summed E-state index contributed by atoms with van der Waals surface area (Å²) in [5.74, 6) is 0.864. The maximum atomic E-state index is 6.66. The Hall–Kier alpha value is -0.0800. The number of likely N-dealkylation sites (N-methyl/N-ethyl adjacent to an activating group) is 1. The maximum absolute atomic E-state index is 6.66. The number of nitrogens with one attached hydrogen (secondary N) is 1. The summed E-state index contributed by atoms with van der Waals surface area (Å²) in [6.45, 7) is 16.1. The van der Waals surface area contributed by atoms with Gasteiger partial charge in [-0.05, 0) is 55.9 Å². The van der Waals surface area contributed by atoms with Crippen LogP contribution in [0.5, 0.6) is 0 Å². The van der Waals surface area contributed by atoms with Crippen LogP contribution in [-0.2, 0) is 4.74 Å². The van der Waals surface area contributed by atoms with Gasteiger partial charge in [-0.2, -0.15) is 0 Å². The molecule has 2 rings (SSSR count). The van der Waals surface area contributed by atoms with Crippen molar-refractivity contribution in [2.45, 2.75) is 78.9 Å². The maximum Gasteiger partial charge on any atom is 0.0779 e. The first-order valence-electron chi connectivity index (χ1n) is 8.17. The molecule has 0 spiro atoms. The average molecular weight is 267 g/mol. The number of hydrogen-bond donors (Lipinski definition) is 1. The van der Waals surface area contributed by atoms with Crippen molar-refractivity contribution in [3.05, 3.63) is 0 Å². The molecule has 0 radical (unpaired) electrons. The average Bonchev–Trinajstić information content (AvgIpc) is 2.69. The van der Waals surface area contributed by atoms with Gasteiger partial charge in [-0.1, -0.05) is 34.6 Å². The van der Waals surface area contributed by atoms with Crippen molar-refractivity contribution in [3.8, 4) is 0 Å². The molecular weight excluding hydrogens is 234 g/mol. The zero-order valence-electron chi connectivity index (χ0n) is 13.8. The van der Waals surface area contributed by atoms with E-state index < -0.39 is 0 Å². The molecule has 2 nitrogen and oxygen atoms in total. The van der Waals surface area contributed by atoms with Crippen LogP contribution in [0.1, 0.15) is 67.2 Å². The second kappa shape index (κ2) is 5.04. The molecule has 0 heterocycles. The van der Waals surface area contributed by atoms with Crippen molar-refractivity contribution >= 4 is 0 Å². The second-order valence-corrected chi connectivity index (χ2v) is 7.80. The normalized spacial score (nSPS) is 39.5. The second-order valence-electron chi connectivity index (χ2n) is 7.80. The van der Waals surface area contributed by atoms with Gasteiger partial charge < -0.3 is 10.1 Å². The molecule has 1 N–H and O–H groups in total. The van der Waals surface area contributed by atoms with Gasteiger partial charge in [0.25, 0.3) is 0 Å². The Morgan fingerprint density at radius 3 is 2.37 bits per heavy atom. The van der Waals surface area contributed by atoms with Crippen LogP contribution < -0.4 is 5.32 Å². The summed E-state index contributed by atoms with van der Waals surface area (Å²) in [6, 6.07) is 0. The largest absolute Gasteiger partial charge is 0.370 e. The fourth-order valence-corrected chi connectivity index (χ4v) is 4.29. The van der Waals surface area contributed by atoms with E-state index >= 15 is 0 Å². The molecule has 2 heteroatoms. The standard InChI is InChI=1S/C17H33NO/c1-7-16(5,12-18-8-2)19-14-11-13-9-10-17(14,6)15(13,3)4/h13-14,18H,7-12H2,1-6H3. The molecule has 19 heavy (non-hydrogen) atoms. The zero-order chi connectivity index (χ0) is 14.3. The number of rotatable bonds is 6. The Balaban J connectivity index is 2.08. The van der Waals surface area contributed by atoms with Crippen LogP contribution >= 0.6 is 0 Å². The Morgan fingerprint density at radius 1 is 1.26 bits per heavy atom. The molecule has 2 fully saturated rings. The van der Waals surface area contributed by atoms with Crippen LogP contribution in [0.3, 0.4) is 0 Å². The Morgan fingerprint density at radius 2 is 1.95 bits per heavy atom. The van der Waals surface area contributed by atoms with Gasteiger partial charge in [-0.3, -0.25) is 0 Å². The third-order valence-corrected chi connectivity index (χ3v) is 6.64. The van der Waals surface area contributed by atoms with Crippen LogP contribution in [0.2, 0.25) is 0 Å². The van der Waals surface area contributed by atoms with Crippen molar-refractivity contribution < 1.29 is 4.74 Å². The molecule has 112 valence electrons. The van der Waals surface area contributed by atoms with Crippen molar-refractivity contribution in [3.63, 3.8) is 0 Å². The molecule has 4 atom stereocenters. The van der Waals surface area contributed by atoms with Crippen LogP contribution in [0, 0.1) is 16.7 Å². The van der Waals surface area contributed by atoms with Crippen molar-refractivity contribution in [2.75, 3.05) is 13.1 Å². The summed E-state index contributed by atoms with van der Waals surface area (Å²) < 4.78 is 6.66. The van der Waals surface area contributed by atoms with E-state index in [4.69, 9.17) is 4.74 Å². The Bertz CT molecular complexity index is 327. The predicted molar refractivity (Wildman–Crippen MR) is 81.3 cm³/mol. The topological polar surface area (TPSA) is 21.3 Å². The van der Waals surface area contributed by atoms with Crippen molar-refractivity contribution in [2.24, 2.45) is 16.7 Å². The Kier molecular flexibility index (Phi) is 4.06. The van der Waals surface area contributed by atoms with Crippen molar-refractivity contribution in [1.82, 2.24) is 5.32 Å². The number of hydrogen-bond acceptors (Lipinski definition) is 2. The van der Waals surface area contributed by atoms with E-state index in [1.807, 2.05) is 0 Å². The molecule has 0 aromatic rings. The van der Waals surface area contributed by atoms with E-state index in [1.54, 1.807) is 0 Å². The quantitative estimate of drug-likeness (QED) is 0.785. The van der Waals surface area contributed by atoms with Gasteiger partial charge in [-0.15, -0.1) is 0 Å². The zero-order valence-corrected chi connectivity index (χ0v) is 13.8. The van der Waals surface area contributed by atoms with Gasteiger partial charge in [0.15, 0.2) is 0 Å². The van der Waals surface area contributed by atoms with Gasteiger partial charge in [-0.25, -0.2) is 0 Å². The molecule has 2 aliphatic carbocycles. The van der Waals surface area contributed by atoms with E-state index in [0.717, 1.165) is 25.4 Å². The van der Waals surface area contributed by atoms with Crippen molar-refractivity contribution in [1.29, 1.82) is 0 Å². The molecule has 4 unspecified atom stereocenters. The summed E-state index contributed by atoms with van der Waals surface area (Å²) >= 11 is 0. The number of fused-ring (bicyclic) bond motifs is 2. The van der Waals surface area contributed by atoms with Gasteiger partial charge in [0, 0.05) is 6.54 Å². The smallest absolute Gasteiger partial charge is 0.0779 e. The fraction of sp³-hybridized carbons (Fsp3) is 1.00. The van der Waals surface area contributed by atoms with E-state index in [-0.39, 0.29) is 5.60 Å². The molecule has 0 aromatic carbocycles. The highest BCUT2D eigenvalue weighted by atomic mass is 16.5. The minimum atomic E-state index is -0.00968. The lowest BCUT2D eigenvalue weighted by Crippen LogP contribution is -2.47. The lowest BCUT2D eigenvalue weighted by molar-refractivity contribution is -0.135. The SMILES string of the molecule is CCNCC(C)(CC)OC1CC2CCC1(C)C2(C)C. The molecule has 2 saturated carbocycles. The molecular formula is C17H33NO. The Labute approximate surface area is 119 Å². The lowest BCUT2D eigenvalue weighted by atomic mass is 9.70. The van der Waals surface area contributed by atoms with E-state index in [0.29, 0.717) is 16.9 Å². The van der Waals surface area contributed by atoms with Crippen LogP contribution in [0.15, 0.2) is 0 Å². The summed E-state index contributed by atoms with van der Waals surface area (Å²) in [4.78, 5) is 0. The predicted octanol–water partition coefficient (Wildman–Crippen LogP) is 4.00. The highest BCUT2D eigenvalue weighted by Crippen LogP contribution is 2.66. The molecule has 2 aliphatic rings.